The molecule has 30 heavy (non-hydrogen) atoms. The summed E-state index contributed by atoms with van der Waals surface area (Å²) in [6.45, 7) is 6.24. The van der Waals surface area contributed by atoms with Gasteiger partial charge in [-0.05, 0) is 37.1 Å². The molecule has 0 radical (unpaired) electrons. The summed E-state index contributed by atoms with van der Waals surface area (Å²) in [6, 6.07) is 13.3. The summed E-state index contributed by atoms with van der Waals surface area (Å²) in [5.41, 5.74) is 2.65. The molecule has 1 saturated heterocycles. The van der Waals surface area contributed by atoms with Crippen molar-refractivity contribution in [2.24, 2.45) is 0 Å². The van der Waals surface area contributed by atoms with Gasteiger partial charge in [0.1, 0.15) is 0 Å². The average Bonchev–Trinajstić information content (AvgIpc) is 2.75. The molecule has 1 heterocycles. The molecule has 8 nitrogen and oxygen atoms in total. The highest BCUT2D eigenvalue weighted by atomic mass is 16.6. The van der Waals surface area contributed by atoms with Gasteiger partial charge in [0.15, 0.2) is 0 Å². The predicted molar refractivity (Wildman–Crippen MR) is 114 cm³/mol. The summed E-state index contributed by atoms with van der Waals surface area (Å²) < 4.78 is 0. The second kappa shape index (κ2) is 9.49. The number of carbonyl (C=O) groups excluding carboxylic acids is 2. The van der Waals surface area contributed by atoms with Gasteiger partial charge in [-0.15, -0.1) is 0 Å². The van der Waals surface area contributed by atoms with Gasteiger partial charge in [-0.1, -0.05) is 24.3 Å². The number of piperazine rings is 1. The molecule has 1 unspecified atom stereocenters. The number of hydrogen-bond acceptors (Lipinski definition) is 5. The van der Waals surface area contributed by atoms with E-state index in [0.29, 0.717) is 38.3 Å². The number of amides is 2. The first-order valence-corrected chi connectivity index (χ1v) is 9.97. The SMILES string of the molecule is Cc1ccccc1CC(=O)N1CCN(C(C)C(=O)Nc2ccc([N+](=O)[O-])cc2)CC1. The monoisotopic (exact) mass is 410 g/mol. The van der Waals surface area contributed by atoms with Crippen LogP contribution in [-0.2, 0) is 16.0 Å². The maximum Gasteiger partial charge on any atom is 0.269 e. The van der Waals surface area contributed by atoms with Crippen molar-refractivity contribution in [3.05, 3.63) is 69.8 Å². The predicted octanol–water partition coefficient (Wildman–Crippen LogP) is 2.62. The van der Waals surface area contributed by atoms with E-state index in [1.807, 2.05) is 47.9 Å². The fraction of sp³-hybridized carbons (Fsp3) is 0.364. The minimum absolute atomic E-state index is 0.0208. The van der Waals surface area contributed by atoms with Crippen LogP contribution < -0.4 is 5.32 Å². The minimum atomic E-state index is -0.478. The number of hydrogen-bond donors (Lipinski definition) is 1. The summed E-state index contributed by atoms with van der Waals surface area (Å²) in [5, 5.41) is 13.5. The highest BCUT2D eigenvalue weighted by Crippen LogP contribution is 2.17. The Hall–Kier alpha value is -3.26. The number of benzene rings is 2. The molecule has 0 spiro atoms. The van der Waals surface area contributed by atoms with Crippen LogP contribution in [0.5, 0.6) is 0 Å². The van der Waals surface area contributed by atoms with Gasteiger partial charge in [0, 0.05) is 44.0 Å². The third-order valence-electron chi connectivity index (χ3n) is 5.54. The van der Waals surface area contributed by atoms with Gasteiger partial charge >= 0.3 is 0 Å². The molecule has 0 aliphatic carbocycles. The summed E-state index contributed by atoms with van der Waals surface area (Å²) in [4.78, 5) is 39.3. The molecular weight excluding hydrogens is 384 g/mol. The number of aryl methyl sites for hydroxylation is 1. The van der Waals surface area contributed by atoms with Crippen molar-refractivity contribution in [3.63, 3.8) is 0 Å². The van der Waals surface area contributed by atoms with Crippen molar-refractivity contribution in [2.45, 2.75) is 26.3 Å². The number of nitrogens with one attached hydrogen (secondary N) is 1. The Balaban J connectivity index is 1.50. The minimum Gasteiger partial charge on any atom is -0.340 e. The first kappa shape index (κ1) is 21.4. The van der Waals surface area contributed by atoms with E-state index < -0.39 is 4.92 Å². The van der Waals surface area contributed by atoms with Gasteiger partial charge < -0.3 is 10.2 Å². The molecule has 1 atom stereocenters. The van der Waals surface area contributed by atoms with Gasteiger partial charge in [0.25, 0.3) is 5.69 Å². The zero-order valence-corrected chi connectivity index (χ0v) is 17.2. The third kappa shape index (κ3) is 5.21. The second-order valence-corrected chi connectivity index (χ2v) is 7.49. The molecule has 2 amide bonds. The normalized spacial score (nSPS) is 15.5. The van der Waals surface area contributed by atoms with Crippen LogP contribution in [0.2, 0.25) is 0 Å². The molecular formula is C22H26N4O4. The van der Waals surface area contributed by atoms with Crippen LogP contribution in [-0.4, -0.2) is 58.8 Å². The highest BCUT2D eigenvalue weighted by molar-refractivity contribution is 5.94. The standard InChI is InChI=1S/C22H26N4O4/c1-16-5-3-4-6-18(16)15-21(27)25-13-11-24(12-14-25)17(2)22(28)23-19-7-9-20(10-8-19)26(29)30/h3-10,17H,11-15H2,1-2H3,(H,23,28). The van der Waals surface area contributed by atoms with Crippen LogP contribution in [0, 0.1) is 17.0 Å². The van der Waals surface area contributed by atoms with Gasteiger partial charge in [-0.3, -0.25) is 24.6 Å². The lowest BCUT2D eigenvalue weighted by Gasteiger charge is -2.37. The van der Waals surface area contributed by atoms with Gasteiger partial charge in [0.2, 0.25) is 11.8 Å². The highest BCUT2D eigenvalue weighted by Gasteiger charge is 2.27. The smallest absolute Gasteiger partial charge is 0.269 e. The molecule has 0 saturated carbocycles. The molecule has 1 N–H and O–H groups in total. The summed E-state index contributed by atoms with van der Waals surface area (Å²) in [5.74, 6) is -0.0736. The van der Waals surface area contributed by atoms with Crippen LogP contribution in [0.4, 0.5) is 11.4 Å². The Kier molecular flexibility index (Phi) is 6.79. The number of nitrogens with zero attached hydrogens (tertiary/aromatic N) is 3. The maximum absolute atomic E-state index is 12.6. The average molecular weight is 410 g/mol. The molecule has 1 aliphatic rings. The molecule has 2 aromatic carbocycles. The topological polar surface area (TPSA) is 95.8 Å². The van der Waals surface area contributed by atoms with E-state index in [0.717, 1.165) is 11.1 Å². The number of anilines is 1. The first-order chi connectivity index (χ1) is 14.3. The molecule has 0 bridgehead atoms. The lowest BCUT2D eigenvalue weighted by Crippen LogP contribution is -2.54. The number of nitro groups is 1. The summed E-state index contributed by atoms with van der Waals surface area (Å²) >= 11 is 0. The fourth-order valence-electron chi connectivity index (χ4n) is 3.52. The fourth-order valence-corrected chi connectivity index (χ4v) is 3.52. The number of carbonyl (C=O) groups is 2. The van der Waals surface area contributed by atoms with E-state index in [1.54, 1.807) is 0 Å². The first-order valence-electron chi connectivity index (χ1n) is 9.97. The molecule has 1 fully saturated rings. The number of non-ortho nitro benzene ring substituents is 1. The van der Waals surface area contributed by atoms with Crippen molar-refractivity contribution < 1.29 is 14.5 Å². The van der Waals surface area contributed by atoms with E-state index >= 15 is 0 Å². The Labute approximate surface area is 175 Å². The Morgan fingerprint density at radius 1 is 1.07 bits per heavy atom. The van der Waals surface area contributed by atoms with E-state index in [9.17, 15) is 19.7 Å². The number of rotatable bonds is 6. The van der Waals surface area contributed by atoms with Crippen LogP contribution in [0.15, 0.2) is 48.5 Å². The van der Waals surface area contributed by atoms with Crippen LogP contribution in [0.25, 0.3) is 0 Å². The third-order valence-corrected chi connectivity index (χ3v) is 5.54. The quantitative estimate of drug-likeness (QED) is 0.583. The Bertz CT molecular complexity index is 921. The van der Waals surface area contributed by atoms with Crippen molar-refractivity contribution in [1.29, 1.82) is 0 Å². The molecule has 1 aliphatic heterocycles. The van der Waals surface area contributed by atoms with E-state index in [2.05, 4.69) is 5.32 Å². The molecule has 158 valence electrons. The van der Waals surface area contributed by atoms with E-state index in [-0.39, 0.29) is 23.5 Å². The number of nitro benzene ring substituents is 1. The zero-order valence-electron chi connectivity index (χ0n) is 17.2. The van der Waals surface area contributed by atoms with E-state index in [4.69, 9.17) is 0 Å². The zero-order chi connectivity index (χ0) is 21.7. The Morgan fingerprint density at radius 2 is 1.70 bits per heavy atom. The lowest BCUT2D eigenvalue weighted by molar-refractivity contribution is -0.384. The van der Waals surface area contributed by atoms with Crippen molar-refractivity contribution in [2.75, 3.05) is 31.5 Å². The van der Waals surface area contributed by atoms with E-state index in [1.165, 1.54) is 24.3 Å². The lowest BCUT2D eigenvalue weighted by atomic mass is 10.0. The van der Waals surface area contributed by atoms with Crippen molar-refractivity contribution in [1.82, 2.24) is 9.80 Å². The van der Waals surface area contributed by atoms with Crippen LogP contribution >= 0.6 is 0 Å². The maximum atomic E-state index is 12.6. The van der Waals surface area contributed by atoms with Crippen molar-refractivity contribution in [3.8, 4) is 0 Å². The molecule has 8 heteroatoms. The largest absolute Gasteiger partial charge is 0.340 e. The van der Waals surface area contributed by atoms with Gasteiger partial charge in [-0.25, -0.2) is 0 Å². The van der Waals surface area contributed by atoms with Crippen molar-refractivity contribution >= 4 is 23.2 Å². The molecule has 0 aromatic heterocycles. The van der Waals surface area contributed by atoms with Crippen LogP contribution in [0.3, 0.4) is 0 Å². The second-order valence-electron chi connectivity index (χ2n) is 7.49. The molecule has 3 rings (SSSR count). The molecule has 2 aromatic rings. The van der Waals surface area contributed by atoms with Gasteiger partial charge in [-0.2, -0.15) is 0 Å². The van der Waals surface area contributed by atoms with Gasteiger partial charge in [0.05, 0.1) is 17.4 Å². The van der Waals surface area contributed by atoms with Crippen LogP contribution in [0.1, 0.15) is 18.1 Å². The Morgan fingerprint density at radius 3 is 2.30 bits per heavy atom. The summed E-state index contributed by atoms with van der Waals surface area (Å²) in [7, 11) is 0. The summed E-state index contributed by atoms with van der Waals surface area (Å²) in [6.07, 6.45) is 0.392.